The summed E-state index contributed by atoms with van der Waals surface area (Å²) in [5.74, 6) is 0. The number of rotatable bonds is 2. The zero-order valence-corrected chi connectivity index (χ0v) is 11.0. The van der Waals surface area contributed by atoms with E-state index in [-0.39, 0.29) is 0 Å². The lowest BCUT2D eigenvalue weighted by Crippen LogP contribution is -1.59. The first-order valence-corrected chi connectivity index (χ1v) is 13.0. The van der Waals surface area contributed by atoms with Crippen molar-refractivity contribution in [2.45, 2.75) is 26.2 Å². The Morgan fingerprint density at radius 3 is 1.88 bits per heavy atom. The van der Waals surface area contributed by atoms with Crippen LogP contribution in [0.4, 0.5) is 0 Å². The summed E-state index contributed by atoms with van der Waals surface area (Å²) in [5, 5.41) is 0. The first-order chi connectivity index (χ1) is 3.83. The number of hydrogen-bond donors (Lipinski definition) is 0. The predicted octanol–water partition coefficient (Wildman–Crippen LogP) is 3.40. The van der Waals surface area contributed by atoms with E-state index in [9.17, 15) is 0 Å². The van der Waals surface area contributed by atoms with Crippen molar-refractivity contribution < 1.29 is 0 Å². The third kappa shape index (κ3) is 24.1. The van der Waals surface area contributed by atoms with Gasteiger partial charge < -0.3 is 0 Å². The zero-order valence-electron chi connectivity index (χ0n) is 5.29. The van der Waals surface area contributed by atoms with Crippen LogP contribution in [0.15, 0.2) is 0 Å². The standard InChI is InChI=1S/C5H11.2HI.Mg/c1-3-5-4-2;;;/h1,3-5H2,2H3;2*1H;/q;;;+2/p-2. The Labute approximate surface area is 82.1 Å². The molecule has 0 heterocycles. The Morgan fingerprint density at radius 2 is 1.88 bits per heavy atom. The van der Waals surface area contributed by atoms with Crippen molar-refractivity contribution in [3.8, 4) is 0 Å². The minimum atomic E-state index is 0.357. The lowest BCUT2D eigenvalue weighted by atomic mass is 10.3. The highest BCUT2D eigenvalue weighted by Crippen LogP contribution is 1.87. The molecule has 0 N–H and O–H groups in total. The van der Waals surface area contributed by atoms with Crippen LogP contribution in [0.25, 0.3) is 0 Å². The molecule has 0 rings (SSSR count). The van der Waals surface area contributed by atoms with E-state index in [4.69, 9.17) is 0 Å². The van der Waals surface area contributed by atoms with E-state index in [0.29, 0.717) is 12.6 Å². The van der Waals surface area contributed by atoms with Crippen molar-refractivity contribution in [3.63, 3.8) is 0 Å². The summed E-state index contributed by atoms with van der Waals surface area (Å²) in [4.78, 5) is 0. The van der Waals surface area contributed by atoms with Gasteiger partial charge in [-0.15, -0.1) is 0 Å². The molecule has 0 aromatic heterocycles. The second-order valence-electron chi connectivity index (χ2n) is 1.31. The van der Waals surface area contributed by atoms with E-state index in [1.165, 1.54) is 12.8 Å². The molecule has 0 aromatic rings. The fourth-order valence-corrected chi connectivity index (χ4v) is 0.250. The molecule has 0 spiro atoms. The Bertz CT molecular complexity index is 24.4. The number of unbranched alkanes of at least 4 members (excludes halogenated alkanes) is 2. The van der Waals surface area contributed by atoms with Crippen LogP contribution >= 0.6 is 37.7 Å². The molecule has 0 fully saturated rings. The van der Waals surface area contributed by atoms with Gasteiger partial charge >= 0.3 is 12.6 Å². The van der Waals surface area contributed by atoms with Crippen LogP contribution in [-0.2, 0) is 0 Å². The van der Waals surface area contributed by atoms with E-state index < -0.39 is 0 Å². The maximum Gasteiger partial charge on any atom is 0.552 e. The molecule has 8 heavy (non-hydrogen) atoms. The normalized spacial score (nSPS) is 6.50. The Morgan fingerprint density at radius 1 is 1.50 bits per heavy atom. The summed E-state index contributed by atoms with van der Waals surface area (Å²) >= 11 is 5.18. The summed E-state index contributed by atoms with van der Waals surface area (Å²) < 4.78 is 0. The molecule has 0 aliphatic rings. The molecule has 0 aliphatic heterocycles. The Hall–Kier alpha value is 2.23. The van der Waals surface area contributed by atoms with E-state index >= 15 is 0 Å². The summed E-state index contributed by atoms with van der Waals surface area (Å²) in [7, 11) is 0. The fraction of sp³-hybridized carbons (Fsp3) is 0.800. The molecule has 0 atom stereocenters. The molecule has 0 bridgehead atoms. The van der Waals surface area contributed by atoms with Crippen LogP contribution in [0.1, 0.15) is 26.2 Å². The molecule has 0 unspecified atom stereocenters. The summed E-state index contributed by atoms with van der Waals surface area (Å²) in [5.41, 5.74) is 0. The van der Waals surface area contributed by atoms with Crippen LogP contribution in [0.2, 0.25) is 0 Å². The van der Waals surface area contributed by atoms with Gasteiger partial charge in [-0.25, -0.2) is 0 Å². The smallest absolute Gasteiger partial charge is 0.276 e. The maximum absolute atomic E-state index is 3.68. The fourth-order valence-electron chi connectivity index (χ4n) is 0.250. The summed E-state index contributed by atoms with van der Waals surface area (Å²) in [6, 6.07) is 0. The molecular weight excluding hydrogens is 338 g/mol. The average Bonchev–Trinajstić information content (AvgIpc) is 1.71. The molecule has 47 valence electrons. The van der Waals surface area contributed by atoms with Crippen LogP contribution in [0.3, 0.4) is 0 Å². The van der Waals surface area contributed by atoms with E-state index in [0.717, 1.165) is 6.42 Å². The molecular formula is C5H11I2Mg. The molecule has 0 nitrogen and oxygen atoms in total. The van der Waals surface area contributed by atoms with Gasteiger partial charge in [0.1, 0.15) is 0 Å². The second kappa shape index (κ2) is 16.1. The highest BCUT2D eigenvalue weighted by atomic mass is 127. The monoisotopic (exact) mass is 349 g/mol. The minimum absolute atomic E-state index is 0.357. The van der Waals surface area contributed by atoms with Gasteiger partial charge in [0, 0.05) is 0 Å². The van der Waals surface area contributed by atoms with Gasteiger partial charge in [-0.3, -0.25) is 37.7 Å². The van der Waals surface area contributed by atoms with Crippen LogP contribution < -0.4 is 0 Å². The van der Waals surface area contributed by atoms with Gasteiger partial charge in [-0.1, -0.05) is 33.1 Å². The van der Waals surface area contributed by atoms with E-state index in [1.807, 2.05) is 0 Å². The van der Waals surface area contributed by atoms with Crippen molar-refractivity contribution in [1.29, 1.82) is 0 Å². The SMILES string of the molecule is [CH2]CCCC.[I][Mg][I]. The van der Waals surface area contributed by atoms with Gasteiger partial charge in [-0.2, -0.15) is 0 Å². The third-order valence-corrected chi connectivity index (χ3v) is 0.604. The van der Waals surface area contributed by atoms with Crippen LogP contribution in [-0.4, -0.2) is 12.6 Å². The van der Waals surface area contributed by atoms with Crippen LogP contribution in [0, 0.1) is 6.92 Å². The molecule has 0 aromatic carbocycles. The highest BCUT2D eigenvalue weighted by Gasteiger charge is 1.68. The lowest BCUT2D eigenvalue weighted by Gasteiger charge is -1.79. The van der Waals surface area contributed by atoms with Crippen molar-refractivity contribution >= 4 is 50.3 Å². The Kier molecular flexibility index (Phi) is 25.9. The molecule has 1 radical (unpaired) electrons. The zero-order chi connectivity index (χ0) is 6.83. The van der Waals surface area contributed by atoms with Gasteiger partial charge in [0.15, 0.2) is 0 Å². The molecule has 0 amide bonds. The van der Waals surface area contributed by atoms with E-state index in [2.05, 4.69) is 51.5 Å². The van der Waals surface area contributed by atoms with Crippen LogP contribution in [0.5, 0.6) is 0 Å². The quantitative estimate of drug-likeness (QED) is 0.530. The van der Waals surface area contributed by atoms with Gasteiger partial charge in [0.2, 0.25) is 0 Å². The first kappa shape index (κ1) is 12.9. The maximum atomic E-state index is 3.68. The lowest BCUT2D eigenvalue weighted by molar-refractivity contribution is 0.813. The topological polar surface area (TPSA) is 0 Å². The summed E-state index contributed by atoms with van der Waals surface area (Å²) in [6.07, 6.45) is 3.65. The van der Waals surface area contributed by atoms with Gasteiger partial charge in [0.25, 0.3) is 0 Å². The highest BCUT2D eigenvalue weighted by molar-refractivity contribution is 14.3. The molecule has 0 saturated carbocycles. The number of hydrogen-bond acceptors (Lipinski definition) is 0. The minimum Gasteiger partial charge on any atom is -0.276 e. The van der Waals surface area contributed by atoms with Crippen molar-refractivity contribution in [1.82, 2.24) is 0 Å². The predicted molar refractivity (Wildman–Crippen MR) is 58.7 cm³/mol. The molecule has 0 saturated heterocycles. The first-order valence-electron chi connectivity index (χ1n) is 2.74. The van der Waals surface area contributed by atoms with Crippen molar-refractivity contribution in [2.24, 2.45) is 0 Å². The largest absolute Gasteiger partial charge is 0.552 e. The van der Waals surface area contributed by atoms with Gasteiger partial charge in [-0.05, 0) is 0 Å². The molecule has 0 aliphatic carbocycles. The van der Waals surface area contributed by atoms with Gasteiger partial charge in [0.05, 0.1) is 0 Å². The van der Waals surface area contributed by atoms with E-state index in [1.54, 1.807) is 0 Å². The number of halogens is 2. The second-order valence-corrected chi connectivity index (χ2v) is 14.8. The third-order valence-electron chi connectivity index (χ3n) is 0.604. The summed E-state index contributed by atoms with van der Waals surface area (Å²) in [6.45, 7) is 5.85. The van der Waals surface area contributed by atoms with Crippen molar-refractivity contribution in [2.75, 3.05) is 0 Å². The average molecular weight is 349 g/mol. The van der Waals surface area contributed by atoms with Crippen molar-refractivity contribution in [3.05, 3.63) is 6.92 Å². The Balaban J connectivity index is 0. The molecule has 3 heteroatoms.